The summed E-state index contributed by atoms with van der Waals surface area (Å²) in [5.41, 5.74) is 4.59. The highest BCUT2D eigenvalue weighted by Gasteiger charge is 2.13. The van der Waals surface area contributed by atoms with E-state index in [1.165, 1.54) is 13.0 Å². The molecule has 4 N–H and O–H groups in total. The van der Waals surface area contributed by atoms with Gasteiger partial charge in [0.1, 0.15) is 0 Å². The average molecular weight is 266 g/mol. The van der Waals surface area contributed by atoms with Crippen LogP contribution in [0, 0.1) is 0 Å². The lowest BCUT2D eigenvalue weighted by atomic mass is 10.1. The quantitative estimate of drug-likeness (QED) is 0.456. The molecule has 0 saturated heterocycles. The number of benzene rings is 1. The summed E-state index contributed by atoms with van der Waals surface area (Å²) >= 11 is 0. The first-order valence-corrected chi connectivity index (χ1v) is 5.31. The number of para-hydroxylation sites is 1. The fraction of sp³-hybridized carbons (Fsp3) is 0.182. The van der Waals surface area contributed by atoms with E-state index in [9.17, 15) is 14.4 Å². The molecule has 8 nitrogen and oxygen atoms in total. The molecule has 0 aliphatic heterocycles. The van der Waals surface area contributed by atoms with E-state index < -0.39 is 11.9 Å². The number of carbonyl (C=O) groups is 3. The van der Waals surface area contributed by atoms with Gasteiger partial charge in [0.25, 0.3) is 5.91 Å². The minimum absolute atomic E-state index is 0.179. The molecule has 8 heteroatoms. The number of rotatable bonds is 2. The highest BCUT2D eigenvalue weighted by molar-refractivity contribution is 6.03. The van der Waals surface area contributed by atoms with Gasteiger partial charge in [-0.15, -0.1) is 0 Å². The third-order valence-corrected chi connectivity index (χ3v) is 2.06. The first-order valence-electron chi connectivity index (χ1n) is 5.31. The first kappa shape index (κ1) is 14.5. The number of hydroxylamine groups is 2. The summed E-state index contributed by atoms with van der Waals surface area (Å²) in [6.45, 7) is 1.32. The van der Waals surface area contributed by atoms with E-state index in [0.717, 1.165) is 7.05 Å². The van der Waals surface area contributed by atoms with Crippen LogP contribution in [0.2, 0.25) is 0 Å². The number of urea groups is 1. The Balaban J connectivity index is 2.76. The number of hydrogen-bond acceptors (Lipinski definition) is 4. The number of anilines is 1. The molecule has 0 spiro atoms. The molecule has 1 rings (SSSR count). The molecule has 0 radical (unpaired) electrons. The monoisotopic (exact) mass is 266 g/mol. The second-order valence-corrected chi connectivity index (χ2v) is 3.63. The van der Waals surface area contributed by atoms with Crippen LogP contribution in [-0.2, 0) is 4.79 Å². The van der Waals surface area contributed by atoms with Crippen LogP contribution in [0.4, 0.5) is 10.5 Å². The zero-order valence-corrected chi connectivity index (χ0v) is 10.4. The Kier molecular flexibility index (Phi) is 4.84. The lowest BCUT2D eigenvalue weighted by Gasteiger charge is -2.13. The van der Waals surface area contributed by atoms with Crippen molar-refractivity contribution in [2.45, 2.75) is 6.92 Å². The van der Waals surface area contributed by atoms with Gasteiger partial charge < -0.3 is 5.32 Å². The smallest absolute Gasteiger partial charge is 0.326 e. The maximum atomic E-state index is 11.8. The lowest BCUT2D eigenvalue weighted by molar-refractivity contribution is -0.114. The molecule has 0 heterocycles. The normalized spacial score (nSPS) is 9.42. The van der Waals surface area contributed by atoms with Crippen molar-refractivity contribution in [3.63, 3.8) is 0 Å². The zero-order valence-electron chi connectivity index (χ0n) is 10.4. The Morgan fingerprint density at radius 3 is 2.37 bits per heavy atom. The van der Waals surface area contributed by atoms with Crippen molar-refractivity contribution in [3.8, 4) is 0 Å². The number of hydrazine groups is 1. The summed E-state index contributed by atoms with van der Waals surface area (Å²) in [6, 6.07) is 5.40. The standard InChI is InChI=1S/C11H14N4O4/c1-7(16)12-9-6-4-3-5-8(9)10(17)13-14-11(18)15(2)19/h3-6,19H,1-2H3,(H,12,16)(H,13,17)(H,14,18). The van der Waals surface area contributed by atoms with E-state index >= 15 is 0 Å². The summed E-state index contributed by atoms with van der Waals surface area (Å²) in [7, 11) is 1.10. The maximum Gasteiger partial charge on any atom is 0.359 e. The number of nitrogens with zero attached hydrogens (tertiary/aromatic N) is 1. The number of hydrogen-bond donors (Lipinski definition) is 4. The molecule has 4 amide bonds. The van der Waals surface area contributed by atoms with E-state index in [4.69, 9.17) is 5.21 Å². The van der Waals surface area contributed by atoms with Gasteiger partial charge in [0.2, 0.25) is 5.91 Å². The van der Waals surface area contributed by atoms with Crippen LogP contribution >= 0.6 is 0 Å². The SMILES string of the molecule is CC(=O)Nc1ccccc1C(=O)NNC(=O)N(C)O. The number of carbonyl (C=O) groups excluding carboxylic acids is 3. The minimum atomic E-state index is -0.898. The molecule has 0 atom stereocenters. The van der Waals surface area contributed by atoms with Crippen LogP contribution < -0.4 is 16.2 Å². The molecule has 0 saturated carbocycles. The number of nitrogens with one attached hydrogen (secondary N) is 3. The Hall–Kier alpha value is -2.61. The van der Waals surface area contributed by atoms with Crippen molar-refractivity contribution in [2.75, 3.05) is 12.4 Å². The zero-order chi connectivity index (χ0) is 14.4. The highest BCUT2D eigenvalue weighted by Crippen LogP contribution is 2.14. The minimum Gasteiger partial charge on any atom is -0.326 e. The van der Waals surface area contributed by atoms with Crippen molar-refractivity contribution in [1.82, 2.24) is 15.9 Å². The molecule has 1 aromatic carbocycles. The molecule has 0 fully saturated rings. The molecule has 1 aromatic rings. The van der Waals surface area contributed by atoms with E-state index in [1.807, 2.05) is 5.43 Å². The third-order valence-electron chi connectivity index (χ3n) is 2.06. The van der Waals surface area contributed by atoms with Gasteiger partial charge in [-0.05, 0) is 12.1 Å². The Bertz CT molecular complexity index is 501. The molecular weight excluding hydrogens is 252 g/mol. The van der Waals surface area contributed by atoms with Crippen molar-refractivity contribution in [2.24, 2.45) is 0 Å². The fourth-order valence-corrected chi connectivity index (χ4v) is 1.24. The first-order chi connectivity index (χ1) is 8.91. The van der Waals surface area contributed by atoms with Gasteiger partial charge in [0.15, 0.2) is 0 Å². The average Bonchev–Trinajstić information content (AvgIpc) is 2.35. The summed E-state index contributed by atoms with van der Waals surface area (Å²) in [5.74, 6) is -0.945. The molecule has 19 heavy (non-hydrogen) atoms. The van der Waals surface area contributed by atoms with Gasteiger partial charge >= 0.3 is 6.03 Å². The molecule has 0 aromatic heterocycles. The van der Waals surface area contributed by atoms with Crippen molar-refractivity contribution in [1.29, 1.82) is 0 Å². The van der Waals surface area contributed by atoms with Crippen LogP contribution in [0.25, 0.3) is 0 Å². The fourth-order valence-electron chi connectivity index (χ4n) is 1.24. The second-order valence-electron chi connectivity index (χ2n) is 3.63. The van der Waals surface area contributed by atoms with E-state index in [1.54, 1.807) is 18.2 Å². The topological polar surface area (TPSA) is 111 Å². The predicted molar refractivity (Wildman–Crippen MR) is 66.3 cm³/mol. The van der Waals surface area contributed by atoms with Gasteiger partial charge in [0, 0.05) is 14.0 Å². The largest absolute Gasteiger partial charge is 0.359 e. The lowest BCUT2D eigenvalue weighted by Crippen LogP contribution is -2.46. The molecule has 102 valence electrons. The Morgan fingerprint density at radius 1 is 1.16 bits per heavy atom. The van der Waals surface area contributed by atoms with E-state index in [0.29, 0.717) is 5.69 Å². The predicted octanol–water partition coefficient (Wildman–Crippen LogP) is 0.320. The van der Waals surface area contributed by atoms with Crippen LogP contribution in [0.1, 0.15) is 17.3 Å². The van der Waals surface area contributed by atoms with Gasteiger partial charge in [-0.2, -0.15) is 0 Å². The molecule has 0 aliphatic rings. The Labute approximate surface area is 109 Å². The van der Waals surface area contributed by atoms with Crippen molar-refractivity contribution >= 4 is 23.5 Å². The molecule has 0 aliphatic carbocycles. The van der Waals surface area contributed by atoms with Crippen LogP contribution in [-0.4, -0.2) is 35.2 Å². The number of amides is 4. The van der Waals surface area contributed by atoms with Gasteiger partial charge in [-0.1, -0.05) is 12.1 Å². The van der Waals surface area contributed by atoms with E-state index in [-0.39, 0.29) is 16.5 Å². The Morgan fingerprint density at radius 2 is 1.79 bits per heavy atom. The highest BCUT2D eigenvalue weighted by atomic mass is 16.5. The molecular formula is C11H14N4O4. The second kappa shape index (κ2) is 6.36. The summed E-state index contributed by atoms with van der Waals surface area (Å²) in [6.07, 6.45) is 0. The van der Waals surface area contributed by atoms with Crippen LogP contribution in [0.3, 0.4) is 0 Å². The van der Waals surface area contributed by atoms with Crippen LogP contribution in [0.5, 0.6) is 0 Å². The summed E-state index contributed by atoms with van der Waals surface area (Å²) in [4.78, 5) is 33.8. The summed E-state index contributed by atoms with van der Waals surface area (Å²) in [5, 5.41) is 11.6. The molecule has 0 unspecified atom stereocenters. The molecule has 0 bridgehead atoms. The van der Waals surface area contributed by atoms with Gasteiger partial charge in [-0.25, -0.2) is 15.3 Å². The maximum absolute atomic E-state index is 11.8. The van der Waals surface area contributed by atoms with Crippen molar-refractivity contribution < 1.29 is 19.6 Å². The van der Waals surface area contributed by atoms with Gasteiger partial charge in [-0.3, -0.25) is 20.2 Å². The third kappa shape index (κ3) is 4.28. The van der Waals surface area contributed by atoms with E-state index in [2.05, 4.69) is 10.7 Å². The summed E-state index contributed by atoms with van der Waals surface area (Å²) < 4.78 is 0. The van der Waals surface area contributed by atoms with Gasteiger partial charge in [0.05, 0.1) is 11.3 Å². The van der Waals surface area contributed by atoms with Crippen LogP contribution in [0.15, 0.2) is 24.3 Å². The van der Waals surface area contributed by atoms with Crippen molar-refractivity contribution in [3.05, 3.63) is 29.8 Å².